The molecule has 1 radical (unpaired) electrons. The van der Waals surface area contributed by atoms with Crippen LogP contribution in [0.1, 0.15) is 103 Å². The maximum atomic E-state index is 3.72. The molecular formula is C19H35. The van der Waals surface area contributed by atoms with E-state index in [1.54, 1.807) is 0 Å². The molecule has 0 N–H and O–H groups in total. The number of rotatable bonds is 13. The molecule has 0 bridgehead atoms. The number of hydrogen-bond acceptors (Lipinski definition) is 0. The summed E-state index contributed by atoms with van der Waals surface area (Å²) in [5.74, 6) is 6.19. The molecule has 0 amide bonds. The molecule has 0 aromatic heterocycles. The summed E-state index contributed by atoms with van der Waals surface area (Å²) >= 11 is 0. The van der Waals surface area contributed by atoms with E-state index in [9.17, 15) is 0 Å². The predicted molar refractivity (Wildman–Crippen MR) is 88.1 cm³/mol. The lowest BCUT2D eigenvalue weighted by Crippen LogP contribution is -1.82. The topological polar surface area (TPSA) is 0 Å². The van der Waals surface area contributed by atoms with Gasteiger partial charge in [0.05, 0.1) is 0 Å². The molecule has 0 heteroatoms. The SMILES string of the molecule is [CH2]CC#CCCCCCCCCCCCCCCC. The molecule has 0 aromatic carbocycles. The Bertz CT molecular complexity index is 206. The molecule has 0 nitrogen and oxygen atoms in total. The Labute approximate surface area is 122 Å². The first-order valence-electron chi connectivity index (χ1n) is 8.66. The van der Waals surface area contributed by atoms with Crippen molar-refractivity contribution in [2.45, 2.75) is 103 Å². The van der Waals surface area contributed by atoms with Crippen LogP contribution in [0.25, 0.3) is 0 Å². The zero-order chi connectivity index (χ0) is 14.0. The van der Waals surface area contributed by atoms with Crippen molar-refractivity contribution in [3.63, 3.8) is 0 Å². The summed E-state index contributed by atoms with van der Waals surface area (Å²) in [6.45, 7) is 6.00. The standard InChI is InChI=1S/C19H35/c1-3-5-7-9-11-13-15-17-19-18-16-14-12-10-8-6-4-2/h1,3-4,6,8-19H2,2H3. The summed E-state index contributed by atoms with van der Waals surface area (Å²) < 4.78 is 0. The van der Waals surface area contributed by atoms with Crippen molar-refractivity contribution in [1.82, 2.24) is 0 Å². The molecule has 0 aliphatic carbocycles. The van der Waals surface area contributed by atoms with Crippen molar-refractivity contribution < 1.29 is 0 Å². The Morgan fingerprint density at radius 2 is 1.00 bits per heavy atom. The maximum absolute atomic E-state index is 3.72. The summed E-state index contributed by atoms with van der Waals surface area (Å²) in [7, 11) is 0. The lowest BCUT2D eigenvalue weighted by atomic mass is 10.0. The van der Waals surface area contributed by atoms with Gasteiger partial charge in [0.15, 0.2) is 0 Å². The van der Waals surface area contributed by atoms with E-state index in [0.717, 1.165) is 12.8 Å². The predicted octanol–water partition coefficient (Wildman–Crippen LogP) is 6.70. The molecular weight excluding hydrogens is 228 g/mol. The second kappa shape index (κ2) is 17.6. The summed E-state index contributed by atoms with van der Waals surface area (Å²) in [5.41, 5.74) is 0. The van der Waals surface area contributed by atoms with Gasteiger partial charge in [0, 0.05) is 12.8 Å². The minimum absolute atomic E-state index is 0.762. The van der Waals surface area contributed by atoms with Crippen molar-refractivity contribution in [3.05, 3.63) is 6.92 Å². The Balaban J connectivity index is 2.95. The van der Waals surface area contributed by atoms with E-state index in [1.807, 2.05) is 0 Å². The largest absolute Gasteiger partial charge is 0.103 e. The molecule has 0 spiro atoms. The van der Waals surface area contributed by atoms with Crippen molar-refractivity contribution in [2.75, 3.05) is 0 Å². The van der Waals surface area contributed by atoms with Gasteiger partial charge in [0.2, 0.25) is 0 Å². The highest BCUT2D eigenvalue weighted by Gasteiger charge is 1.93. The van der Waals surface area contributed by atoms with Gasteiger partial charge in [0.25, 0.3) is 0 Å². The average Bonchev–Trinajstić information content (AvgIpc) is 2.43. The Hall–Kier alpha value is -0.440. The molecule has 0 saturated heterocycles. The van der Waals surface area contributed by atoms with Gasteiger partial charge >= 0.3 is 0 Å². The molecule has 0 aliphatic rings. The molecule has 0 heterocycles. The van der Waals surface area contributed by atoms with Crippen LogP contribution in [-0.4, -0.2) is 0 Å². The zero-order valence-corrected chi connectivity index (χ0v) is 13.3. The van der Waals surface area contributed by atoms with Gasteiger partial charge in [-0.25, -0.2) is 0 Å². The average molecular weight is 263 g/mol. The van der Waals surface area contributed by atoms with Crippen molar-refractivity contribution in [3.8, 4) is 11.8 Å². The monoisotopic (exact) mass is 263 g/mol. The van der Waals surface area contributed by atoms with Crippen LogP contribution >= 0.6 is 0 Å². The third-order valence-corrected chi connectivity index (χ3v) is 3.66. The lowest BCUT2D eigenvalue weighted by molar-refractivity contribution is 0.540. The number of unbranched alkanes of at least 4 members (excludes halogenated alkanes) is 13. The second-order valence-corrected chi connectivity index (χ2v) is 5.60. The summed E-state index contributed by atoms with van der Waals surface area (Å²) in [6.07, 6.45) is 20.3. The minimum atomic E-state index is 0.762. The van der Waals surface area contributed by atoms with Gasteiger partial charge in [-0.2, -0.15) is 0 Å². The van der Waals surface area contributed by atoms with Crippen molar-refractivity contribution >= 4 is 0 Å². The van der Waals surface area contributed by atoms with E-state index in [2.05, 4.69) is 25.7 Å². The molecule has 0 fully saturated rings. The third kappa shape index (κ3) is 17.6. The van der Waals surface area contributed by atoms with Crippen LogP contribution in [0.4, 0.5) is 0 Å². The van der Waals surface area contributed by atoms with Crippen LogP contribution in [0.3, 0.4) is 0 Å². The van der Waals surface area contributed by atoms with E-state index in [1.165, 1.54) is 83.5 Å². The quantitative estimate of drug-likeness (QED) is 0.256. The van der Waals surface area contributed by atoms with Gasteiger partial charge in [-0.05, 0) is 13.3 Å². The van der Waals surface area contributed by atoms with E-state index in [0.29, 0.717) is 0 Å². The van der Waals surface area contributed by atoms with E-state index in [-0.39, 0.29) is 0 Å². The molecule has 0 aliphatic heterocycles. The van der Waals surface area contributed by atoms with Crippen molar-refractivity contribution in [1.29, 1.82) is 0 Å². The van der Waals surface area contributed by atoms with Crippen LogP contribution in [0.15, 0.2) is 0 Å². The van der Waals surface area contributed by atoms with Crippen LogP contribution < -0.4 is 0 Å². The normalized spacial score (nSPS) is 10.2. The molecule has 0 unspecified atom stereocenters. The highest BCUT2D eigenvalue weighted by Crippen LogP contribution is 2.12. The smallest absolute Gasteiger partial charge is 0.00890 e. The minimum Gasteiger partial charge on any atom is -0.103 e. The van der Waals surface area contributed by atoms with Crippen LogP contribution in [-0.2, 0) is 0 Å². The van der Waals surface area contributed by atoms with Gasteiger partial charge in [-0.15, -0.1) is 11.8 Å². The van der Waals surface area contributed by atoms with Crippen LogP contribution in [0.5, 0.6) is 0 Å². The van der Waals surface area contributed by atoms with Gasteiger partial charge in [0.1, 0.15) is 0 Å². The first-order valence-corrected chi connectivity index (χ1v) is 8.66. The molecule has 0 saturated carbocycles. The van der Waals surface area contributed by atoms with Crippen LogP contribution in [0, 0.1) is 18.8 Å². The van der Waals surface area contributed by atoms with Gasteiger partial charge < -0.3 is 0 Å². The summed E-state index contributed by atoms with van der Waals surface area (Å²) in [5, 5.41) is 0. The third-order valence-electron chi connectivity index (χ3n) is 3.66. The van der Waals surface area contributed by atoms with E-state index in [4.69, 9.17) is 0 Å². The van der Waals surface area contributed by atoms with Crippen LogP contribution in [0.2, 0.25) is 0 Å². The highest BCUT2D eigenvalue weighted by molar-refractivity contribution is 4.98. The van der Waals surface area contributed by atoms with E-state index >= 15 is 0 Å². The lowest BCUT2D eigenvalue weighted by Gasteiger charge is -2.02. The molecule has 0 aromatic rings. The fraction of sp³-hybridized carbons (Fsp3) is 0.842. The first-order chi connectivity index (χ1) is 9.41. The second-order valence-electron chi connectivity index (χ2n) is 5.60. The zero-order valence-electron chi connectivity index (χ0n) is 13.3. The Kier molecular flexibility index (Phi) is 17.2. The molecule has 111 valence electrons. The van der Waals surface area contributed by atoms with E-state index < -0.39 is 0 Å². The molecule has 0 atom stereocenters. The first kappa shape index (κ1) is 18.6. The molecule has 19 heavy (non-hydrogen) atoms. The fourth-order valence-corrected chi connectivity index (χ4v) is 2.41. The highest BCUT2D eigenvalue weighted by atomic mass is 14.0. The summed E-state index contributed by atoms with van der Waals surface area (Å²) in [4.78, 5) is 0. The Morgan fingerprint density at radius 3 is 1.42 bits per heavy atom. The maximum Gasteiger partial charge on any atom is 0.00890 e. The number of hydrogen-bond donors (Lipinski definition) is 0. The fourth-order valence-electron chi connectivity index (χ4n) is 2.41. The van der Waals surface area contributed by atoms with Gasteiger partial charge in [-0.3, -0.25) is 0 Å². The Morgan fingerprint density at radius 1 is 0.579 bits per heavy atom. The van der Waals surface area contributed by atoms with Gasteiger partial charge in [-0.1, -0.05) is 84.0 Å². The molecule has 0 rings (SSSR count). The van der Waals surface area contributed by atoms with Crippen molar-refractivity contribution in [2.24, 2.45) is 0 Å². The summed E-state index contributed by atoms with van der Waals surface area (Å²) in [6, 6.07) is 0.